The van der Waals surface area contributed by atoms with Crippen molar-refractivity contribution >= 4 is 28.8 Å². The third-order valence-electron chi connectivity index (χ3n) is 5.69. The number of methoxy groups -OCH3 is 1. The molecule has 162 valence electrons. The van der Waals surface area contributed by atoms with E-state index in [1.54, 1.807) is 24.3 Å². The Kier molecular flexibility index (Phi) is 5.82. The van der Waals surface area contributed by atoms with Crippen LogP contribution in [0, 0.1) is 13.8 Å². The van der Waals surface area contributed by atoms with Gasteiger partial charge >= 0.3 is 0 Å². The number of nitrogens with zero attached hydrogens (tertiary/aromatic N) is 1. The van der Waals surface area contributed by atoms with Crippen LogP contribution in [-0.4, -0.2) is 18.9 Å². The van der Waals surface area contributed by atoms with Crippen LogP contribution in [-0.2, 0) is 16.0 Å². The maximum Gasteiger partial charge on any atom is 0.282 e. The maximum atomic E-state index is 13.7. The molecule has 1 heterocycles. The first-order chi connectivity index (χ1) is 15.4. The minimum atomic E-state index is -0.408. The number of aryl methyl sites for hydroxylation is 3. The standard InChI is InChI=1S/C27H26N2O3/c1-5-19-11-13-20(14-12-19)28-25-24(21-15-10-17(2)16-18(21)3)26(30)29(27(25)31)22-8-6-7-9-23(22)32-4/h6-16,28H,5H2,1-4H3. The molecule has 32 heavy (non-hydrogen) atoms. The number of rotatable bonds is 6. The van der Waals surface area contributed by atoms with Crippen molar-refractivity contribution in [3.63, 3.8) is 0 Å². The Morgan fingerprint density at radius 1 is 0.906 bits per heavy atom. The highest BCUT2D eigenvalue weighted by Crippen LogP contribution is 2.38. The van der Waals surface area contributed by atoms with Gasteiger partial charge in [0.25, 0.3) is 11.8 Å². The Hall–Kier alpha value is -3.86. The van der Waals surface area contributed by atoms with Crippen LogP contribution >= 0.6 is 0 Å². The van der Waals surface area contributed by atoms with Gasteiger partial charge in [0.2, 0.25) is 0 Å². The summed E-state index contributed by atoms with van der Waals surface area (Å²) in [5, 5.41) is 3.23. The number of nitrogens with one attached hydrogen (secondary N) is 1. The van der Waals surface area contributed by atoms with E-state index in [9.17, 15) is 9.59 Å². The van der Waals surface area contributed by atoms with Gasteiger partial charge in [-0.05, 0) is 61.2 Å². The van der Waals surface area contributed by atoms with Crippen molar-refractivity contribution in [1.82, 2.24) is 0 Å². The summed E-state index contributed by atoms with van der Waals surface area (Å²) >= 11 is 0. The number of hydrogen-bond acceptors (Lipinski definition) is 4. The van der Waals surface area contributed by atoms with Gasteiger partial charge < -0.3 is 10.1 Å². The van der Waals surface area contributed by atoms with Gasteiger partial charge in [-0.1, -0.05) is 55.0 Å². The molecule has 1 N–H and O–H groups in total. The van der Waals surface area contributed by atoms with Gasteiger partial charge in [-0.25, -0.2) is 4.90 Å². The van der Waals surface area contributed by atoms with Crippen LogP contribution in [0.5, 0.6) is 5.75 Å². The second-order valence-corrected chi connectivity index (χ2v) is 7.86. The second-order valence-electron chi connectivity index (χ2n) is 7.86. The number of benzene rings is 3. The highest BCUT2D eigenvalue weighted by atomic mass is 16.5. The number of hydrogen-bond donors (Lipinski definition) is 1. The van der Waals surface area contributed by atoms with E-state index in [1.165, 1.54) is 17.6 Å². The van der Waals surface area contributed by atoms with Gasteiger partial charge in [0.1, 0.15) is 11.4 Å². The number of ether oxygens (including phenoxy) is 1. The molecule has 1 aliphatic rings. The highest BCUT2D eigenvalue weighted by Gasteiger charge is 2.41. The van der Waals surface area contributed by atoms with E-state index in [-0.39, 0.29) is 11.6 Å². The molecule has 0 radical (unpaired) electrons. The van der Waals surface area contributed by atoms with E-state index in [1.807, 2.05) is 56.3 Å². The zero-order valence-electron chi connectivity index (χ0n) is 18.7. The first kappa shape index (κ1) is 21.4. The normalized spacial score (nSPS) is 13.7. The third-order valence-corrected chi connectivity index (χ3v) is 5.69. The van der Waals surface area contributed by atoms with E-state index < -0.39 is 5.91 Å². The number of carbonyl (C=O) groups is 2. The number of amides is 2. The Bertz CT molecular complexity index is 1230. The molecular formula is C27H26N2O3. The summed E-state index contributed by atoms with van der Waals surface area (Å²) in [6, 6.07) is 20.8. The van der Waals surface area contributed by atoms with Crippen LogP contribution in [0.4, 0.5) is 11.4 Å². The number of para-hydroxylation sites is 2. The smallest absolute Gasteiger partial charge is 0.282 e. The minimum absolute atomic E-state index is 0.261. The summed E-state index contributed by atoms with van der Waals surface area (Å²) in [6.45, 7) is 6.04. The van der Waals surface area contributed by atoms with Crippen molar-refractivity contribution < 1.29 is 14.3 Å². The quantitative estimate of drug-likeness (QED) is 0.546. The fraction of sp³-hybridized carbons (Fsp3) is 0.185. The summed E-state index contributed by atoms with van der Waals surface area (Å²) < 4.78 is 5.43. The predicted octanol–water partition coefficient (Wildman–Crippen LogP) is 5.27. The zero-order chi connectivity index (χ0) is 22.8. The number of carbonyl (C=O) groups excluding carboxylic acids is 2. The molecule has 0 aromatic heterocycles. The third kappa shape index (κ3) is 3.78. The number of imide groups is 1. The number of anilines is 2. The fourth-order valence-electron chi connectivity index (χ4n) is 3.99. The van der Waals surface area contributed by atoms with E-state index in [0.29, 0.717) is 17.0 Å². The summed E-state index contributed by atoms with van der Waals surface area (Å²) in [6.07, 6.45) is 0.926. The van der Waals surface area contributed by atoms with E-state index >= 15 is 0 Å². The lowest BCUT2D eigenvalue weighted by molar-refractivity contribution is -0.120. The van der Waals surface area contributed by atoms with Crippen molar-refractivity contribution in [1.29, 1.82) is 0 Å². The van der Waals surface area contributed by atoms with Crippen molar-refractivity contribution in [3.05, 3.63) is 94.7 Å². The molecule has 0 saturated heterocycles. The largest absolute Gasteiger partial charge is 0.495 e. The summed E-state index contributed by atoms with van der Waals surface area (Å²) in [7, 11) is 1.52. The molecule has 0 unspecified atom stereocenters. The summed E-state index contributed by atoms with van der Waals surface area (Å²) in [5.41, 5.74) is 5.75. The molecule has 0 atom stereocenters. The first-order valence-electron chi connectivity index (χ1n) is 10.6. The molecule has 0 saturated carbocycles. The lowest BCUT2D eigenvalue weighted by Gasteiger charge is -2.18. The van der Waals surface area contributed by atoms with Crippen molar-refractivity contribution in [2.75, 3.05) is 17.3 Å². The Labute approximate surface area is 188 Å². The predicted molar refractivity (Wildman–Crippen MR) is 128 cm³/mol. The van der Waals surface area contributed by atoms with Crippen LogP contribution in [0.3, 0.4) is 0 Å². The monoisotopic (exact) mass is 426 g/mol. The lowest BCUT2D eigenvalue weighted by Crippen LogP contribution is -2.32. The van der Waals surface area contributed by atoms with Crippen molar-refractivity contribution in [3.8, 4) is 5.75 Å². The molecule has 5 heteroatoms. The first-order valence-corrected chi connectivity index (χ1v) is 10.6. The fourth-order valence-corrected chi connectivity index (χ4v) is 3.99. The SMILES string of the molecule is CCc1ccc(NC2=C(c3ccc(C)cc3C)C(=O)N(c3ccccc3OC)C2=O)cc1. The Morgan fingerprint density at radius 2 is 1.62 bits per heavy atom. The Balaban J connectivity index is 1.85. The molecule has 0 bridgehead atoms. The van der Waals surface area contributed by atoms with Crippen LogP contribution in [0.1, 0.15) is 29.2 Å². The Morgan fingerprint density at radius 3 is 2.28 bits per heavy atom. The van der Waals surface area contributed by atoms with Gasteiger partial charge in [0.15, 0.2) is 0 Å². The second kappa shape index (κ2) is 8.71. The molecule has 5 nitrogen and oxygen atoms in total. The van der Waals surface area contributed by atoms with E-state index in [0.717, 1.165) is 28.8 Å². The average molecular weight is 427 g/mol. The van der Waals surface area contributed by atoms with Gasteiger partial charge in [0.05, 0.1) is 18.4 Å². The zero-order valence-corrected chi connectivity index (χ0v) is 18.7. The van der Waals surface area contributed by atoms with Crippen LogP contribution < -0.4 is 15.0 Å². The van der Waals surface area contributed by atoms with Gasteiger partial charge in [-0.15, -0.1) is 0 Å². The molecule has 3 aromatic carbocycles. The topological polar surface area (TPSA) is 58.6 Å². The minimum Gasteiger partial charge on any atom is -0.495 e. The van der Waals surface area contributed by atoms with Crippen molar-refractivity contribution in [2.45, 2.75) is 27.2 Å². The molecule has 1 aliphatic heterocycles. The summed E-state index contributed by atoms with van der Waals surface area (Å²) in [5.74, 6) is -0.323. The molecule has 0 fully saturated rings. The van der Waals surface area contributed by atoms with E-state index in [2.05, 4.69) is 12.2 Å². The molecule has 0 spiro atoms. The van der Waals surface area contributed by atoms with Gasteiger partial charge in [-0.3, -0.25) is 9.59 Å². The molecule has 4 rings (SSSR count). The highest BCUT2D eigenvalue weighted by molar-refractivity contribution is 6.46. The maximum absolute atomic E-state index is 13.7. The van der Waals surface area contributed by atoms with Crippen LogP contribution in [0.25, 0.3) is 5.57 Å². The summed E-state index contributed by atoms with van der Waals surface area (Å²) in [4.78, 5) is 28.5. The van der Waals surface area contributed by atoms with Crippen LogP contribution in [0.15, 0.2) is 72.4 Å². The molecule has 2 amide bonds. The van der Waals surface area contributed by atoms with E-state index in [4.69, 9.17) is 4.74 Å². The molecule has 3 aromatic rings. The molecule has 0 aliphatic carbocycles. The van der Waals surface area contributed by atoms with Gasteiger partial charge in [0, 0.05) is 5.69 Å². The lowest BCUT2D eigenvalue weighted by atomic mass is 9.97. The van der Waals surface area contributed by atoms with Gasteiger partial charge in [-0.2, -0.15) is 0 Å². The average Bonchev–Trinajstić information content (AvgIpc) is 3.03. The van der Waals surface area contributed by atoms with Crippen molar-refractivity contribution in [2.24, 2.45) is 0 Å². The molecular weight excluding hydrogens is 400 g/mol. The van der Waals surface area contributed by atoms with Crippen LogP contribution in [0.2, 0.25) is 0 Å².